The number of carbonyl (C=O) groups is 1. The van der Waals surface area contributed by atoms with Gasteiger partial charge in [-0.15, -0.1) is 0 Å². The summed E-state index contributed by atoms with van der Waals surface area (Å²) in [4.78, 5) is 12.0. The highest BCUT2D eigenvalue weighted by atomic mass is 16.5. The Morgan fingerprint density at radius 3 is 2.71 bits per heavy atom. The van der Waals surface area contributed by atoms with Crippen molar-refractivity contribution in [3.8, 4) is 5.75 Å². The summed E-state index contributed by atoms with van der Waals surface area (Å²) in [5.41, 5.74) is 0. The summed E-state index contributed by atoms with van der Waals surface area (Å²) in [6.07, 6.45) is 2.82. The van der Waals surface area contributed by atoms with Crippen molar-refractivity contribution in [2.45, 2.75) is 39.2 Å². The molecule has 2 rings (SSSR count). The zero-order valence-corrected chi connectivity index (χ0v) is 12.8. The van der Waals surface area contributed by atoms with E-state index in [0.717, 1.165) is 42.3 Å². The van der Waals surface area contributed by atoms with Crippen LogP contribution in [-0.2, 0) is 4.79 Å². The van der Waals surface area contributed by atoms with Crippen LogP contribution in [0.1, 0.15) is 33.1 Å². The predicted octanol–water partition coefficient (Wildman–Crippen LogP) is 3.91. The fraction of sp³-hybridized carbons (Fsp3) is 0.389. The summed E-state index contributed by atoms with van der Waals surface area (Å²) in [5.74, 6) is 0.698. The number of carbonyl (C=O) groups excluding carboxylic acids is 1. The molecule has 1 N–H and O–H groups in total. The van der Waals surface area contributed by atoms with E-state index in [1.807, 2.05) is 42.5 Å². The van der Waals surface area contributed by atoms with Crippen LogP contribution in [0.4, 0.5) is 0 Å². The van der Waals surface area contributed by atoms with Crippen molar-refractivity contribution in [1.82, 2.24) is 5.32 Å². The van der Waals surface area contributed by atoms with E-state index >= 15 is 0 Å². The number of fused-ring (bicyclic) bond motifs is 1. The van der Waals surface area contributed by atoms with E-state index in [-0.39, 0.29) is 5.91 Å². The standard InChI is InChI=1S/C18H23NO2/c1-3-4-7-13-19-18(20)14(2)21-17-12-8-10-15-9-5-6-11-16(15)17/h5-6,8-12,14H,3-4,7,13H2,1-2H3,(H,19,20)/t14-/m0/s1. The Hall–Kier alpha value is -2.03. The van der Waals surface area contributed by atoms with Crippen LogP contribution in [0.5, 0.6) is 5.75 Å². The van der Waals surface area contributed by atoms with E-state index in [1.54, 1.807) is 6.92 Å². The molecule has 0 spiro atoms. The number of amides is 1. The molecule has 0 bridgehead atoms. The number of ether oxygens (including phenoxy) is 1. The summed E-state index contributed by atoms with van der Waals surface area (Å²) in [6.45, 7) is 4.65. The number of unbranched alkanes of at least 4 members (excludes halogenated alkanes) is 2. The zero-order valence-electron chi connectivity index (χ0n) is 12.8. The van der Waals surface area contributed by atoms with Gasteiger partial charge in [0.2, 0.25) is 0 Å². The lowest BCUT2D eigenvalue weighted by molar-refractivity contribution is -0.127. The van der Waals surface area contributed by atoms with Gasteiger partial charge in [0.05, 0.1) is 0 Å². The molecule has 3 heteroatoms. The minimum absolute atomic E-state index is 0.0564. The van der Waals surface area contributed by atoms with Crippen LogP contribution in [0, 0.1) is 0 Å². The van der Waals surface area contributed by atoms with Crippen molar-refractivity contribution >= 4 is 16.7 Å². The second kappa shape index (κ2) is 7.67. The summed E-state index contributed by atoms with van der Waals surface area (Å²) in [7, 11) is 0. The number of benzene rings is 2. The van der Waals surface area contributed by atoms with Gasteiger partial charge >= 0.3 is 0 Å². The van der Waals surface area contributed by atoms with Gasteiger partial charge < -0.3 is 10.1 Å². The molecule has 1 atom stereocenters. The summed E-state index contributed by atoms with van der Waals surface area (Å²) in [6, 6.07) is 13.9. The van der Waals surface area contributed by atoms with Crippen molar-refractivity contribution in [1.29, 1.82) is 0 Å². The topological polar surface area (TPSA) is 38.3 Å². The maximum absolute atomic E-state index is 12.0. The maximum Gasteiger partial charge on any atom is 0.260 e. The Labute approximate surface area is 126 Å². The van der Waals surface area contributed by atoms with Crippen LogP contribution in [0.3, 0.4) is 0 Å². The Kier molecular flexibility index (Phi) is 5.61. The maximum atomic E-state index is 12.0. The molecule has 0 unspecified atom stereocenters. The van der Waals surface area contributed by atoms with Gasteiger partial charge in [-0.25, -0.2) is 0 Å². The molecule has 3 nitrogen and oxygen atoms in total. The van der Waals surface area contributed by atoms with Gasteiger partial charge in [-0.2, -0.15) is 0 Å². The molecule has 2 aromatic rings. The molecule has 2 aromatic carbocycles. The van der Waals surface area contributed by atoms with Crippen LogP contribution in [0.25, 0.3) is 10.8 Å². The average molecular weight is 285 g/mol. The minimum atomic E-state index is -0.488. The van der Waals surface area contributed by atoms with Crippen molar-refractivity contribution in [2.75, 3.05) is 6.54 Å². The summed E-state index contributed by atoms with van der Waals surface area (Å²) < 4.78 is 5.83. The van der Waals surface area contributed by atoms with Crippen molar-refractivity contribution in [3.05, 3.63) is 42.5 Å². The average Bonchev–Trinajstić information content (AvgIpc) is 2.51. The monoisotopic (exact) mass is 285 g/mol. The van der Waals surface area contributed by atoms with Gasteiger partial charge in [-0.1, -0.05) is 56.2 Å². The molecular weight excluding hydrogens is 262 g/mol. The van der Waals surface area contributed by atoms with Crippen LogP contribution >= 0.6 is 0 Å². The molecule has 0 aliphatic carbocycles. The van der Waals surface area contributed by atoms with Crippen LogP contribution < -0.4 is 10.1 Å². The molecule has 21 heavy (non-hydrogen) atoms. The lowest BCUT2D eigenvalue weighted by Crippen LogP contribution is -2.36. The molecular formula is C18H23NO2. The van der Waals surface area contributed by atoms with E-state index in [2.05, 4.69) is 12.2 Å². The first-order chi connectivity index (χ1) is 10.2. The number of nitrogens with one attached hydrogen (secondary N) is 1. The first-order valence-electron chi connectivity index (χ1n) is 7.64. The zero-order chi connectivity index (χ0) is 15.1. The highest BCUT2D eigenvalue weighted by molar-refractivity contribution is 5.89. The highest BCUT2D eigenvalue weighted by Crippen LogP contribution is 2.25. The van der Waals surface area contributed by atoms with Gasteiger partial charge in [0.1, 0.15) is 5.75 Å². The Bertz CT molecular complexity index is 589. The van der Waals surface area contributed by atoms with Crippen molar-refractivity contribution < 1.29 is 9.53 Å². The van der Waals surface area contributed by atoms with Gasteiger partial charge in [0, 0.05) is 11.9 Å². The summed E-state index contributed by atoms with van der Waals surface area (Å²) in [5, 5.41) is 5.07. The van der Waals surface area contributed by atoms with Crippen LogP contribution in [-0.4, -0.2) is 18.6 Å². The normalized spacial score (nSPS) is 12.1. The third kappa shape index (κ3) is 4.22. The van der Waals surface area contributed by atoms with Crippen LogP contribution in [0.15, 0.2) is 42.5 Å². The third-order valence-electron chi connectivity index (χ3n) is 3.50. The fourth-order valence-corrected chi connectivity index (χ4v) is 2.27. The highest BCUT2D eigenvalue weighted by Gasteiger charge is 2.15. The predicted molar refractivity (Wildman–Crippen MR) is 86.6 cm³/mol. The van der Waals surface area contributed by atoms with Gasteiger partial charge in [0.15, 0.2) is 6.10 Å². The summed E-state index contributed by atoms with van der Waals surface area (Å²) >= 11 is 0. The first kappa shape index (κ1) is 15.4. The Morgan fingerprint density at radius 2 is 1.90 bits per heavy atom. The number of hydrogen-bond donors (Lipinski definition) is 1. The Morgan fingerprint density at radius 1 is 1.14 bits per heavy atom. The molecule has 0 aliphatic heterocycles. The van der Waals surface area contributed by atoms with Crippen molar-refractivity contribution in [3.63, 3.8) is 0 Å². The lowest BCUT2D eigenvalue weighted by Gasteiger charge is -2.16. The van der Waals surface area contributed by atoms with E-state index < -0.39 is 6.10 Å². The number of rotatable bonds is 7. The second-order valence-electron chi connectivity index (χ2n) is 5.24. The molecule has 0 heterocycles. The lowest BCUT2D eigenvalue weighted by atomic mass is 10.1. The van der Waals surface area contributed by atoms with Gasteiger partial charge in [-0.05, 0) is 24.8 Å². The van der Waals surface area contributed by atoms with Crippen LogP contribution in [0.2, 0.25) is 0 Å². The molecule has 0 aliphatic rings. The van der Waals surface area contributed by atoms with E-state index in [9.17, 15) is 4.79 Å². The molecule has 0 saturated carbocycles. The molecule has 0 aromatic heterocycles. The largest absolute Gasteiger partial charge is 0.480 e. The van der Waals surface area contributed by atoms with E-state index in [0.29, 0.717) is 0 Å². The number of hydrogen-bond acceptors (Lipinski definition) is 2. The molecule has 0 fully saturated rings. The molecule has 112 valence electrons. The van der Waals surface area contributed by atoms with Gasteiger partial charge in [0.25, 0.3) is 5.91 Å². The minimum Gasteiger partial charge on any atom is -0.480 e. The van der Waals surface area contributed by atoms with Gasteiger partial charge in [-0.3, -0.25) is 4.79 Å². The Balaban J connectivity index is 1.98. The van der Waals surface area contributed by atoms with Crippen molar-refractivity contribution in [2.24, 2.45) is 0 Å². The second-order valence-corrected chi connectivity index (χ2v) is 5.24. The third-order valence-corrected chi connectivity index (χ3v) is 3.50. The smallest absolute Gasteiger partial charge is 0.260 e. The van der Waals surface area contributed by atoms with E-state index in [1.165, 1.54) is 0 Å². The molecule has 1 amide bonds. The molecule has 0 radical (unpaired) electrons. The quantitative estimate of drug-likeness (QED) is 0.783. The van der Waals surface area contributed by atoms with E-state index in [4.69, 9.17) is 4.74 Å². The fourth-order valence-electron chi connectivity index (χ4n) is 2.27. The first-order valence-corrected chi connectivity index (χ1v) is 7.64. The SMILES string of the molecule is CCCCCNC(=O)[C@H](C)Oc1cccc2ccccc12. The molecule has 0 saturated heterocycles.